The van der Waals surface area contributed by atoms with E-state index in [-0.39, 0.29) is 11.6 Å². The Balaban J connectivity index is 2.46. The summed E-state index contributed by atoms with van der Waals surface area (Å²) in [5, 5.41) is 13.9. The Morgan fingerprint density at radius 2 is 2.00 bits per heavy atom. The number of rotatable bonds is 4. The molecule has 2 aromatic rings. The van der Waals surface area contributed by atoms with Crippen molar-refractivity contribution in [3.05, 3.63) is 51.6 Å². The minimum Gasteiger partial charge on any atom is -0.433 e. The Morgan fingerprint density at radius 1 is 1.25 bits per heavy atom. The van der Waals surface area contributed by atoms with Gasteiger partial charge in [-0.3, -0.25) is 10.1 Å². The lowest BCUT2D eigenvalue weighted by atomic mass is 10.1. The molecule has 0 aliphatic rings. The van der Waals surface area contributed by atoms with Gasteiger partial charge in [0.05, 0.1) is 4.92 Å². The van der Waals surface area contributed by atoms with Gasteiger partial charge in [-0.05, 0) is 37.1 Å². The molecule has 0 aliphatic heterocycles. The number of nitrogens with zero attached hydrogens (tertiary/aromatic N) is 2. The average Bonchev–Trinajstić information content (AvgIpc) is 2.43. The van der Waals surface area contributed by atoms with E-state index in [9.17, 15) is 10.1 Å². The Hall–Kier alpha value is -2.63. The second-order valence-electron chi connectivity index (χ2n) is 4.33. The third-order valence-electron chi connectivity index (χ3n) is 3.05. The van der Waals surface area contributed by atoms with Crippen LogP contribution in [0.2, 0.25) is 0 Å². The molecule has 1 heterocycles. The molecule has 20 heavy (non-hydrogen) atoms. The molecule has 0 fully saturated rings. The van der Waals surface area contributed by atoms with Gasteiger partial charge in [-0.15, -0.1) is 0 Å². The van der Waals surface area contributed by atoms with Crippen LogP contribution < -0.4 is 10.1 Å². The maximum Gasteiger partial charge on any atom is 0.331 e. The van der Waals surface area contributed by atoms with E-state index in [2.05, 4.69) is 10.3 Å². The molecule has 104 valence electrons. The third kappa shape index (κ3) is 2.69. The van der Waals surface area contributed by atoms with Crippen molar-refractivity contribution < 1.29 is 9.66 Å². The fraction of sp³-hybridized carbons (Fsp3) is 0.214. The summed E-state index contributed by atoms with van der Waals surface area (Å²) in [6.45, 7) is 3.85. The van der Waals surface area contributed by atoms with Crippen LogP contribution in [0.1, 0.15) is 11.1 Å². The first-order valence-electron chi connectivity index (χ1n) is 6.10. The van der Waals surface area contributed by atoms with Gasteiger partial charge in [0.15, 0.2) is 0 Å². The molecule has 0 aliphatic carbocycles. The van der Waals surface area contributed by atoms with Crippen molar-refractivity contribution in [2.24, 2.45) is 0 Å². The van der Waals surface area contributed by atoms with Crippen molar-refractivity contribution in [3.8, 4) is 11.6 Å². The maximum absolute atomic E-state index is 11.0. The van der Waals surface area contributed by atoms with Gasteiger partial charge in [0.1, 0.15) is 11.6 Å². The molecule has 0 bridgehead atoms. The number of aromatic nitrogens is 1. The van der Waals surface area contributed by atoms with Crippen molar-refractivity contribution in [1.82, 2.24) is 4.98 Å². The van der Waals surface area contributed by atoms with E-state index in [1.807, 2.05) is 26.0 Å². The number of aryl methyl sites for hydroxylation is 1. The van der Waals surface area contributed by atoms with Gasteiger partial charge in [-0.2, -0.15) is 4.98 Å². The highest BCUT2D eigenvalue weighted by Crippen LogP contribution is 2.32. The number of hydrogen-bond acceptors (Lipinski definition) is 5. The number of hydrogen-bond donors (Lipinski definition) is 1. The Labute approximate surface area is 116 Å². The Bertz CT molecular complexity index is 656. The number of anilines is 1. The van der Waals surface area contributed by atoms with Crippen molar-refractivity contribution in [2.75, 3.05) is 12.4 Å². The molecule has 0 unspecified atom stereocenters. The predicted molar refractivity (Wildman–Crippen MR) is 76.4 cm³/mol. The number of ether oxygens (including phenoxy) is 1. The van der Waals surface area contributed by atoms with Crippen LogP contribution in [0.4, 0.5) is 11.5 Å². The maximum atomic E-state index is 11.0. The molecule has 0 saturated carbocycles. The number of nitrogens with one attached hydrogen (secondary N) is 1. The van der Waals surface area contributed by atoms with Crippen LogP contribution in [0.3, 0.4) is 0 Å². The van der Waals surface area contributed by atoms with Crippen LogP contribution in [-0.2, 0) is 0 Å². The van der Waals surface area contributed by atoms with E-state index in [0.29, 0.717) is 11.6 Å². The molecule has 0 saturated heterocycles. The minimum absolute atomic E-state index is 0.0180. The molecule has 2 rings (SSSR count). The van der Waals surface area contributed by atoms with Crippen LogP contribution in [0.15, 0.2) is 30.3 Å². The van der Waals surface area contributed by atoms with Crippen molar-refractivity contribution in [1.29, 1.82) is 0 Å². The fourth-order valence-corrected chi connectivity index (χ4v) is 1.73. The first-order chi connectivity index (χ1) is 9.52. The monoisotopic (exact) mass is 273 g/mol. The summed E-state index contributed by atoms with van der Waals surface area (Å²) >= 11 is 0. The molecule has 6 heteroatoms. The first kappa shape index (κ1) is 13.8. The minimum atomic E-state index is -0.507. The van der Waals surface area contributed by atoms with Crippen LogP contribution in [0, 0.1) is 24.0 Å². The Morgan fingerprint density at radius 3 is 2.65 bits per heavy atom. The van der Waals surface area contributed by atoms with Crippen LogP contribution >= 0.6 is 0 Å². The normalized spacial score (nSPS) is 10.2. The van der Waals surface area contributed by atoms with Gasteiger partial charge in [0.25, 0.3) is 0 Å². The summed E-state index contributed by atoms with van der Waals surface area (Å²) < 4.78 is 5.63. The lowest BCUT2D eigenvalue weighted by Crippen LogP contribution is -2.00. The zero-order valence-electron chi connectivity index (χ0n) is 11.5. The van der Waals surface area contributed by atoms with Crippen LogP contribution in [-0.4, -0.2) is 17.0 Å². The molecule has 6 nitrogen and oxygen atoms in total. The molecular weight excluding hydrogens is 258 g/mol. The van der Waals surface area contributed by atoms with E-state index < -0.39 is 4.92 Å². The average molecular weight is 273 g/mol. The number of nitro groups is 1. The van der Waals surface area contributed by atoms with Gasteiger partial charge in [0, 0.05) is 13.1 Å². The molecule has 1 aromatic carbocycles. The quantitative estimate of drug-likeness (QED) is 0.682. The lowest BCUT2D eigenvalue weighted by molar-refractivity contribution is -0.386. The molecule has 1 aromatic heterocycles. The summed E-state index contributed by atoms with van der Waals surface area (Å²) in [5.41, 5.74) is 1.82. The highest BCUT2D eigenvalue weighted by molar-refractivity contribution is 5.51. The molecule has 0 atom stereocenters. The zero-order valence-corrected chi connectivity index (χ0v) is 11.5. The predicted octanol–water partition coefficient (Wildman–Crippen LogP) is 3.44. The van der Waals surface area contributed by atoms with E-state index in [0.717, 1.165) is 11.1 Å². The van der Waals surface area contributed by atoms with Crippen LogP contribution in [0.25, 0.3) is 0 Å². The molecule has 0 radical (unpaired) electrons. The largest absolute Gasteiger partial charge is 0.433 e. The number of benzene rings is 1. The van der Waals surface area contributed by atoms with Gasteiger partial charge >= 0.3 is 11.6 Å². The summed E-state index contributed by atoms with van der Waals surface area (Å²) in [6.07, 6.45) is 0. The van der Waals surface area contributed by atoms with E-state index >= 15 is 0 Å². The van der Waals surface area contributed by atoms with E-state index in [4.69, 9.17) is 4.74 Å². The van der Waals surface area contributed by atoms with Crippen molar-refractivity contribution >= 4 is 11.5 Å². The highest BCUT2D eigenvalue weighted by Gasteiger charge is 2.19. The van der Waals surface area contributed by atoms with E-state index in [1.165, 1.54) is 12.1 Å². The zero-order chi connectivity index (χ0) is 14.7. The first-order valence-corrected chi connectivity index (χ1v) is 6.10. The second-order valence-corrected chi connectivity index (χ2v) is 4.33. The molecule has 1 N–H and O–H groups in total. The third-order valence-corrected chi connectivity index (χ3v) is 3.05. The van der Waals surface area contributed by atoms with Gasteiger partial charge in [0.2, 0.25) is 0 Å². The topological polar surface area (TPSA) is 77.3 Å². The smallest absolute Gasteiger partial charge is 0.331 e. The van der Waals surface area contributed by atoms with Gasteiger partial charge in [-0.1, -0.05) is 12.1 Å². The fourth-order valence-electron chi connectivity index (χ4n) is 1.73. The molecule has 0 spiro atoms. The lowest BCUT2D eigenvalue weighted by Gasteiger charge is -2.10. The highest BCUT2D eigenvalue weighted by atomic mass is 16.6. The van der Waals surface area contributed by atoms with Crippen molar-refractivity contribution in [2.45, 2.75) is 13.8 Å². The molecular formula is C14H15N3O3. The van der Waals surface area contributed by atoms with Crippen LogP contribution in [0.5, 0.6) is 11.6 Å². The number of pyridine rings is 1. The van der Waals surface area contributed by atoms with Gasteiger partial charge < -0.3 is 10.1 Å². The standard InChI is InChI=1S/C14H15N3O3/c1-9-5-4-6-12(10(9)2)20-14-11(17(18)19)7-8-13(15-3)16-14/h4-8H,1-3H3,(H,15,16). The Kier molecular flexibility index (Phi) is 3.84. The summed E-state index contributed by atoms with van der Waals surface area (Å²) in [7, 11) is 1.69. The summed E-state index contributed by atoms with van der Waals surface area (Å²) in [4.78, 5) is 14.6. The van der Waals surface area contributed by atoms with Crippen molar-refractivity contribution in [3.63, 3.8) is 0 Å². The summed E-state index contributed by atoms with van der Waals surface area (Å²) in [6, 6.07) is 8.46. The SMILES string of the molecule is CNc1ccc([N+](=O)[O-])c(Oc2cccc(C)c2C)n1. The second kappa shape index (κ2) is 5.56. The van der Waals surface area contributed by atoms with Gasteiger partial charge in [-0.25, -0.2) is 0 Å². The van der Waals surface area contributed by atoms with E-state index in [1.54, 1.807) is 13.1 Å². The molecule has 0 amide bonds. The summed E-state index contributed by atoms with van der Waals surface area (Å²) in [5.74, 6) is 1.06.